The molecule has 0 aliphatic carbocycles. The molecule has 0 aliphatic rings. The van der Waals surface area contributed by atoms with Crippen LogP contribution in [-0.2, 0) is 21.4 Å². The lowest BCUT2D eigenvalue weighted by atomic mass is 9.70. The van der Waals surface area contributed by atoms with E-state index in [1.54, 1.807) is 0 Å². The summed E-state index contributed by atoms with van der Waals surface area (Å²) in [5.41, 5.74) is 4.35. The van der Waals surface area contributed by atoms with E-state index in [4.69, 9.17) is 4.74 Å². The van der Waals surface area contributed by atoms with Crippen molar-refractivity contribution < 1.29 is 9.53 Å². The van der Waals surface area contributed by atoms with Crippen LogP contribution in [0.5, 0.6) is 0 Å². The summed E-state index contributed by atoms with van der Waals surface area (Å²) in [7, 11) is 0. The number of esters is 1. The van der Waals surface area contributed by atoms with Crippen LogP contribution in [0.15, 0.2) is 115 Å². The predicted octanol–water partition coefficient (Wildman–Crippen LogP) is 6.84. The lowest BCUT2D eigenvalue weighted by Crippen LogP contribution is -2.39. The van der Waals surface area contributed by atoms with Gasteiger partial charge in [0.15, 0.2) is 0 Å². The Bertz CT molecular complexity index is 1140. The molecule has 4 aromatic rings. The summed E-state index contributed by atoms with van der Waals surface area (Å²) in [5, 5.41) is 0. The van der Waals surface area contributed by atoms with Crippen molar-refractivity contribution >= 4 is 5.97 Å². The largest absolute Gasteiger partial charge is 0.464 e. The molecule has 0 spiro atoms. The van der Waals surface area contributed by atoms with E-state index in [0.717, 1.165) is 27.8 Å². The highest BCUT2D eigenvalue weighted by atomic mass is 16.5. The second kappa shape index (κ2) is 10.1. The number of carbonyl (C=O) groups is 1. The van der Waals surface area contributed by atoms with Gasteiger partial charge in [-0.2, -0.15) is 0 Å². The Morgan fingerprint density at radius 2 is 1.28 bits per heavy atom. The fourth-order valence-electron chi connectivity index (χ4n) is 4.40. The lowest BCUT2D eigenvalue weighted by molar-refractivity contribution is -0.149. The van der Waals surface area contributed by atoms with Gasteiger partial charge in [-0.15, -0.1) is 0 Å². The van der Waals surface area contributed by atoms with Crippen LogP contribution in [-0.4, -0.2) is 12.6 Å². The summed E-state index contributed by atoms with van der Waals surface area (Å²) in [5.74, 6) is -0.203. The Morgan fingerprint density at radius 1 is 0.719 bits per heavy atom. The van der Waals surface area contributed by atoms with Crippen molar-refractivity contribution in [3.63, 3.8) is 0 Å². The second-order valence-corrected chi connectivity index (χ2v) is 7.91. The monoisotopic (exact) mass is 420 g/mol. The van der Waals surface area contributed by atoms with Crippen molar-refractivity contribution in [2.45, 2.75) is 25.2 Å². The Morgan fingerprint density at radius 3 is 1.94 bits per heavy atom. The van der Waals surface area contributed by atoms with Crippen LogP contribution in [0.4, 0.5) is 0 Å². The third-order valence-electron chi connectivity index (χ3n) is 6.08. The van der Waals surface area contributed by atoms with Crippen LogP contribution in [0.1, 0.15) is 30.0 Å². The highest BCUT2D eigenvalue weighted by molar-refractivity contribution is 5.91. The predicted molar refractivity (Wildman–Crippen MR) is 130 cm³/mol. The van der Waals surface area contributed by atoms with Gasteiger partial charge < -0.3 is 4.74 Å². The van der Waals surface area contributed by atoms with Gasteiger partial charge in [-0.05, 0) is 34.2 Å². The van der Waals surface area contributed by atoms with E-state index in [1.165, 1.54) is 0 Å². The van der Waals surface area contributed by atoms with E-state index < -0.39 is 5.41 Å². The van der Waals surface area contributed by atoms with E-state index in [9.17, 15) is 4.79 Å². The van der Waals surface area contributed by atoms with E-state index in [-0.39, 0.29) is 5.97 Å². The van der Waals surface area contributed by atoms with E-state index >= 15 is 0 Å². The molecule has 160 valence electrons. The van der Waals surface area contributed by atoms with Crippen molar-refractivity contribution in [1.29, 1.82) is 0 Å². The SMILES string of the molecule is CCC(C(=O)OCCc1ccccc1)(c1ccccc1)c1ccccc1-c1ccccc1. The highest BCUT2D eigenvalue weighted by Gasteiger charge is 2.43. The first-order valence-corrected chi connectivity index (χ1v) is 11.2. The molecule has 2 nitrogen and oxygen atoms in total. The molecule has 0 saturated carbocycles. The third-order valence-corrected chi connectivity index (χ3v) is 6.08. The summed E-state index contributed by atoms with van der Waals surface area (Å²) < 4.78 is 5.96. The number of benzene rings is 4. The number of ether oxygens (including phenoxy) is 1. The third kappa shape index (κ3) is 4.36. The van der Waals surface area contributed by atoms with Crippen LogP contribution < -0.4 is 0 Å². The summed E-state index contributed by atoms with van der Waals surface area (Å²) >= 11 is 0. The van der Waals surface area contributed by atoms with Gasteiger partial charge in [0.25, 0.3) is 0 Å². The van der Waals surface area contributed by atoms with Gasteiger partial charge in [0, 0.05) is 6.42 Å². The van der Waals surface area contributed by atoms with Crippen molar-refractivity contribution in [2.75, 3.05) is 6.61 Å². The zero-order valence-electron chi connectivity index (χ0n) is 18.4. The first-order valence-electron chi connectivity index (χ1n) is 11.2. The molecule has 2 heteroatoms. The number of rotatable bonds is 8. The zero-order chi connectivity index (χ0) is 22.2. The molecule has 0 aliphatic heterocycles. The minimum Gasteiger partial charge on any atom is -0.464 e. The molecule has 0 fully saturated rings. The molecule has 32 heavy (non-hydrogen) atoms. The van der Waals surface area contributed by atoms with Gasteiger partial charge in [0.1, 0.15) is 5.41 Å². The van der Waals surface area contributed by atoms with Crippen molar-refractivity contribution in [2.24, 2.45) is 0 Å². The first-order chi connectivity index (χ1) is 15.8. The van der Waals surface area contributed by atoms with Crippen molar-refractivity contribution in [1.82, 2.24) is 0 Å². The standard InChI is InChI=1S/C30H28O2/c1-2-30(26-18-10-5-11-19-26,29(31)32-23-22-24-14-6-3-7-15-24)28-21-13-12-20-27(28)25-16-8-4-9-17-25/h3-21H,2,22-23H2,1H3. The van der Waals surface area contributed by atoms with Crippen molar-refractivity contribution in [3.8, 4) is 11.1 Å². The highest BCUT2D eigenvalue weighted by Crippen LogP contribution is 2.42. The van der Waals surface area contributed by atoms with Gasteiger partial charge in [-0.3, -0.25) is 4.79 Å². The van der Waals surface area contributed by atoms with Gasteiger partial charge in [0.2, 0.25) is 0 Å². The van der Waals surface area contributed by atoms with Crippen LogP contribution in [0.2, 0.25) is 0 Å². The smallest absolute Gasteiger partial charge is 0.321 e. The fourth-order valence-corrected chi connectivity index (χ4v) is 4.40. The molecule has 0 bridgehead atoms. The summed E-state index contributed by atoms with van der Waals surface area (Å²) in [4.78, 5) is 13.8. The maximum absolute atomic E-state index is 13.8. The summed E-state index contributed by atoms with van der Waals surface area (Å²) in [6.45, 7) is 2.41. The van der Waals surface area contributed by atoms with E-state index in [0.29, 0.717) is 19.4 Å². The Balaban J connectivity index is 1.75. The minimum atomic E-state index is -0.885. The van der Waals surface area contributed by atoms with Gasteiger partial charge in [-0.1, -0.05) is 122 Å². The van der Waals surface area contributed by atoms with Gasteiger partial charge in [0.05, 0.1) is 6.61 Å². The molecule has 0 saturated heterocycles. The average molecular weight is 421 g/mol. The number of hydrogen-bond acceptors (Lipinski definition) is 2. The Kier molecular flexibility index (Phi) is 6.81. The normalized spacial score (nSPS) is 12.7. The lowest BCUT2D eigenvalue weighted by Gasteiger charge is -2.33. The molecule has 0 heterocycles. The van der Waals surface area contributed by atoms with Crippen LogP contribution in [0.25, 0.3) is 11.1 Å². The first kappa shape index (κ1) is 21.6. The number of hydrogen-bond donors (Lipinski definition) is 0. The fraction of sp³-hybridized carbons (Fsp3) is 0.167. The molecule has 0 radical (unpaired) electrons. The Hall–Kier alpha value is -3.65. The van der Waals surface area contributed by atoms with Crippen LogP contribution in [0, 0.1) is 0 Å². The van der Waals surface area contributed by atoms with E-state index in [2.05, 4.69) is 43.3 Å². The van der Waals surface area contributed by atoms with E-state index in [1.807, 2.05) is 78.9 Å². The summed E-state index contributed by atoms with van der Waals surface area (Å²) in [6, 6.07) is 38.6. The Labute approximate surface area is 190 Å². The van der Waals surface area contributed by atoms with Crippen LogP contribution in [0.3, 0.4) is 0 Å². The maximum atomic E-state index is 13.8. The second-order valence-electron chi connectivity index (χ2n) is 7.91. The molecule has 0 aromatic heterocycles. The molecule has 4 rings (SSSR count). The van der Waals surface area contributed by atoms with Gasteiger partial charge in [-0.25, -0.2) is 0 Å². The molecular weight excluding hydrogens is 392 g/mol. The minimum absolute atomic E-state index is 0.203. The molecule has 0 amide bonds. The van der Waals surface area contributed by atoms with Crippen LogP contribution >= 0.6 is 0 Å². The zero-order valence-corrected chi connectivity index (χ0v) is 18.4. The quantitative estimate of drug-likeness (QED) is 0.292. The molecule has 1 unspecified atom stereocenters. The molecule has 0 N–H and O–H groups in total. The summed E-state index contributed by atoms with van der Waals surface area (Å²) in [6.07, 6.45) is 1.30. The van der Waals surface area contributed by atoms with Crippen molar-refractivity contribution in [3.05, 3.63) is 132 Å². The average Bonchev–Trinajstić information content (AvgIpc) is 2.87. The number of carbonyl (C=O) groups excluding carboxylic acids is 1. The maximum Gasteiger partial charge on any atom is 0.321 e. The molecule has 4 aromatic carbocycles. The molecular formula is C30H28O2. The van der Waals surface area contributed by atoms with Gasteiger partial charge >= 0.3 is 5.97 Å². The topological polar surface area (TPSA) is 26.3 Å². The molecule has 1 atom stereocenters.